The number of nitrogens with one attached hydrogen (secondary N) is 1. The van der Waals surface area contributed by atoms with E-state index >= 15 is 0 Å². The van der Waals surface area contributed by atoms with Crippen molar-refractivity contribution in [3.05, 3.63) is 24.3 Å². The predicted molar refractivity (Wildman–Crippen MR) is 76.8 cm³/mol. The second-order valence-electron chi connectivity index (χ2n) is 5.12. The lowest BCUT2D eigenvalue weighted by molar-refractivity contribution is 0.361. The van der Waals surface area contributed by atoms with Gasteiger partial charge in [-0.15, -0.1) is 0 Å². The van der Waals surface area contributed by atoms with Crippen LogP contribution in [0.25, 0.3) is 0 Å². The molecule has 0 heterocycles. The molecule has 1 aliphatic carbocycles. The zero-order chi connectivity index (χ0) is 15.7. The topological polar surface area (TPSA) is 127 Å². The maximum Gasteiger partial charge on any atom is 0.294 e. The molecule has 0 unspecified atom stereocenters. The monoisotopic (exact) mass is 334 g/mol. The maximum atomic E-state index is 12.2. The van der Waals surface area contributed by atoms with Crippen molar-refractivity contribution in [2.24, 2.45) is 5.73 Å². The first-order chi connectivity index (χ1) is 9.70. The zero-order valence-corrected chi connectivity index (χ0v) is 12.9. The first-order valence-electron chi connectivity index (χ1n) is 6.55. The van der Waals surface area contributed by atoms with Crippen molar-refractivity contribution in [1.82, 2.24) is 4.72 Å². The number of rotatable bonds is 4. The highest BCUT2D eigenvalue weighted by Crippen LogP contribution is 2.20. The van der Waals surface area contributed by atoms with Gasteiger partial charge in [-0.1, -0.05) is 12.8 Å². The van der Waals surface area contributed by atoms with Gasteiger partial charge in [-0.2, -0.15) is 8.42 Å². The van der Waals surface area contributed by atoms with Gasteiger partial charge < -0.3 is 5.73 Å². The molecule has 0 amide bonds. The molecule has 21 heavy (non-hydrogen) atoms. The van der Waals surface area contributed by atoms with E-state index in [-0.39, 0.29) is 21.9 Å². The van der Waals surface area contributed by atoms with Crippen molar-refractivity contribution >= 4 is 20.1 Å². The van der Waals surface area contributed by atoms with Crippen LogP contribution in [0.2, 0.25) is 0 Å². The predicted octanol–water partition coefficient (Wildman–Crippen LogP) is 0.482. The summed E-state index contributed by atoms with van der Waals surface area (Å²) in [5.74, 6) is 0. The van der Waals surface area contributed by atoms with Crippen molar-refractivity contribution in [3.8, 4) is 0 Å². The standard InChI is InChI=1S/C12H18N2O5S2/c13-11-3-1-2-4-12(11)14-20(15,16)9-5-7-10(8-6-9)21(17,18)19/h5-8,11-12,14H,1-4,13H2,(H,17,18,19)/t11-,12-/m1/s1. The Morgan fingerprint density at radius 2 is 1.52 bits per heavy atom. The summed E-state index contributed by atoms with van der Waals surface area (Å²) >= 11 is 0. The molecule has 9 heteroatoms. The summed E-state index contributed by atoms with van der Waals surface area (Å²) < 4.78 is 57.7. The van der Waals surface area contributed by atoms with Gasteiger partial charge >= 0.3 is 0 Å². The Morgan fingerprint density at radius 3 is 2.05 bits per heavy atom. The molecule has 0 saturated heterocycles. The molecule has 7 nitrogen and oxygen atoms in total. The minimum Gasteiger partial charge on any atom is -0.326 e. The van der Waals surface area contributed by atoms with Crippen molar-refractivity contribution in [2.75, 3.05) is 0 Å². The van der Waals surface area contributed by atoms with Crippen LogP contribution in [-0.4, -0.2) is 33.5 Å². The van der Waals surface area contributed by atoms with E-state index in [1.807, 2.05) is 0 Å². The van der Waals surface area contributed by atoms with Crippen LogP contribution in [0.3, 0.4) is 0 Å². The molecule has 0 aliphatic heterocycles. The molecule has 118 valence electrons. The molecule has 2 atom stereocenters. The van der Waals surface area contributed by atoms with E-state index in [4.69, 9.17) is 10.3 Å². The van der Waals surface area contributed by atoms with Gasteiger partial charge in [-0.25, -0.2) is 13.1 Å². The fourth-order valence-corrected chi connectivity index (χ4v) is 4.17. The van der Waals surface area contributed by atoms with E-state index in [0.717, 1.165) is 43.5 Å². The maximum absolute atomic E-state index is 12.2. The van der Waals surface area contributed by atoms with E-state index in [1.165, 1.54) is 0 Å². The second kappa shape index (κ2) is 6.01. The van der Waals surface area contributed by atoms with Crippen molar-refractivity contribution in [2.45, 2.75) is 47.6 Å². The Balaban J connectivity index is 2.19. The van der Waals surface area contributed by atoms with Crippen LogP contribution in [0.5, 0.6) is 0 Å². The summed E-state index contributed by atoms with van der Waals surface area (Å²) in [4.78, 5) is -0.413. The van der Waals surface area contributed by atoms with Crippen molar-refractivity contribution < 1.29 is 21.4 Å². The van der Waals surface area contributed by atoms with Crippen LogP contribution in [0, 0.1) is 0 Å². The summed E-state index contributed by atoms with van der Waals surface area (Å²) in [5, 5.41) is 0. The SMILES string of the molecule is N[C@@H]1CCCC[C@H]1NS(=O)(=O)c1ccc(S(=O)(=O)O)cc1. The van der Waals surface area contributed by atoms with Gasteiger partial charge in [0.1, 0.15) is 0 Å². The molecule has 1 aromatic rings. The summed E-state index contributed by atoms with van der Waals surface area (Å²) in [7, 11) is -8.10. The van der Waals surface area contributed by atoms with Crippen LogP contribution in [-0.2, 0) is 20.1 Å². The molecule has 0 aromatic heterocycles. The van der Waals surface area contributed by atoms with Crippen molar-refractivity contribution in [3.63, 3.8) is 0 Å². The minimum atomic E-state index is -4.34. The molecule has 1 aromatic carbocycles. The van der Waals surface area contributed by atoms with Gasteiger partial charge in [0.05, 0.1) is 9.79 Å². The third-order valence-electron chi connectivity index (χ3n) is 3.56. The molecular formula is C12H18N2O5S2. The van der Waals surface area contributed by atoms with Gasteiger partial charge in [0.2, 0.25) is 10.0 Å². The second-order valence-corrected chi connectivity index (χ2v) is 8.26. The molecule has 1 saturated carbocycles. The normalized spacial score (nSPS) is 23.9. The van der Waals surface area contributed by atoms with Crippen LogP contribution < -0.4 is 10.5 Å². The molecule has 1 fully saturated rings. The molecule has 4 N–H and O–H groups in total. The average molecular weight is 334 g/mol. The Hall–Kier alpha value is -1.00. The molecule has 1 aliphatic rings. The molecule has 0 radical (unpaired) electrons. The van der Waals surface area contributed by atoms with Gasteiger partial charge in [-0.05, 0) is 37.1 Å². The van der Waals surface area contributed by atoms with Crippen LogP contribution in [0.15, 0.2) is 34.1 Å². The number of sulfonamides is 1. The average Bonchev–Trinajstić information content (AvgIpc) is 2.40. The Kier molecular flexibility index (Phi) is 4.69. The molecular weight excluding hydrogens is 316 g/mol. The highest BCUT2D eigenvalue weighted by molar-refractivity contribution is 7.89. The van der Waals surface area contributed by atoms with E-state index in [2.05, 4.69) is 4.72 Å². The Bertz CT molecular complexity index is 698. The van der Waals surface area contributed by atoms with Gasteiger partial charge in [0.25, 0.3) is 10.1 Å². The summed E-state index contributed by atoms with van der Waals surface area (Å²) in [6.07, 6.45) is 3.36. The first kappa shape index (κ1) is 16.4. The lowest BCUT2D eigenvalue weighted by atomic mass is 9.92. The van der Waals surface area contributed by atoms with Gasteiger partial charge in [-0.3, -0.25) is 4.55 Å². The summed E-state index contributed by atoms with van der Waals surface area (Å²) in [6.45, 7) is 0. The highest BCUT2D eigenvalue weighted by atomic mass is 32.2. The number of nitrogens with two attached hydrogens (primary N) is 1. The van der Waals surface area contributed by atoms with Crippen LogP contribution >= 0.6 is 0 Å². The van der Waals surface area contributed by atoms with E-state index < -0.39 is 20.1 Å². The first-order valence-corrected chi connectivity index (χ1v) is 9.48. The molecule has 2 rings (SSSR count). The Morgan fingerprint density at radius 1 is 1.00 bits per heavy atom. The van der Waals surface area contributed by atoms with E-state index in [1.54, 1.807) is 0 Å². The fraction of sp³-hybridized carbons (Fsp3) is 0.500. The van der Waals surface area contributed by atoms with E-state index in [0.29, 0.717) is 6.42 Å². The number of benzene rings is 1. The lowest BCUT2D eigenvalue weighted by Gasteiger charge is -2.29. The molecule has 0 bridgehead atoms. The fourth-order valence-electron chi connectivity index (χ4n) is 2.36. The quantitative estimate of drug-likeness (QED) is 0.688. The smallest absolute Gasteiger partial charge is 0.294 e. The lowest BCUT2D eigenvalue weighted by Crippen LogP contribution is -2.49. The minimum absolute atomic E-state index is 0.0623. The van der Waals surface area contributed by atoms with E-state index in [9.17, 15) is 16.8 Å². The van der Waals surface area contributed by atoms with Crippen LogP contribution in [0.4, 0.5) is 0 Å². The highest BCUT2D eigenvalue weighted by Gasteiger charge is 2.27. The Labute approximate surface area is 124 Å². The van der Waals surface area contributed by atoms with Crippen molar-refractivity contribution in [1.29, 1.82) is 0 Å². The molecule has 0 spiro atoms. The largest absolute Gasteiger partial charge is 0.326 e. The van der Waals surface area contributed by atoms with Gasteiger partial charge in [0, 0.05) is 12.1 Å². The summed E-state index contributed by atoms with van der Waals surface area (Å²) in [5.41, 5.74) is 5.91. The third kappa shape index (κ3) is 4.01. The van der Waals surface area contributed by atoms with Gasteiger partial charge in [0.15, 0.2) is 0 Å². The zero-order valence-electron chi connectivity index (χ0n) is 11.3. The van der Waals surface area contributed by atoms with Crippen LogP contribution in [0.1, 0.15) is 25.7 Å². The third-order valence-corrected chi connectivity index (χ3v) is 5.93. The number of hydrogen-bond donors (Lipinski definition) is 3. The summed E-state index contributed by atoms with van der Waals surface area (Å²) in [6, 6.07) is 3.84. The number of hydrogen-bond acceptors (Lipinski definition) is 5.